The van der Waals surface area contributed by atoms with Gasteiger partial charge in [0.25, 0.3) is 0 Å². The lowest BCUT2D eigenvalue weighted by Gasteiger charge is -2.33. The zero-order valence-electron chi connectivity index (χ0n) is 14.0. The maximum Gasteiger partial charge on any atom is 0.330 e. The van der Waals surface area contributed by atoms with E-state index in [1.54, 1.807) is 6.08 Å². The van der Waals surface area contributed by atoms with E-state index in [0.29, 0.717) is 0 Å². The van der Waals surface area contributed by atoms with Crippen molar-refractivity contribution in [2.24, 2.45) is 0 Å². The minimum absolute atomic E-state index is 0.336. The molecule has 0 unspecified atom stereocenters. The van der Waals surface area contributed by atoms with Crippen molar-refractivity contribution >= 4 is 5.97 Å². The summed E-state index contributed by atoms with van der Waals surface area (Å²) < 4.78 is 4.82. The molecule has 0 N–H and O–H groups in total. The van der Waals surface area contributed by atoms with Crippen LogP contribution in [0, 0.1) is 0 Å². The Kier molecular flexibility index (Phi) is 4.66. The number of carbonyl (C=O) groups is 1. The van der Waals surface area contributed by atoms with Gasteiger partial charge in [-0.1, -0.05) is 60.7 Å². The highest BCUT2D eigenvalue weighted by Crippen LogP contribution is 2.43. The lowest BCUT2D eigenvalue weighted by atomic mass is 9.70. The van der Waals surface area contributed by atoms with Crippen LogP contribution in [0.25, 0.3) is 0 Å². The molecule has 3 rings (SSSR count). The Balaban J connectivity index is 2.29. The molecule has 0 bridgehead atoms. The van der Waals surface area contributed by atoms with Crippen molar-refractivity contribution in [1.82, 2.24) is 0 Å². The molecule has 1 aliphatic rings. The number of ether oxygens (including phenoxy) is 1. The molecule has 0 fully saturated rings. The second-order valence-electron chi connectivity index (χ2n) is 6.13. The average Bonchev–Trinajstić information content (AvgIpc) is 2.76. The van der Waals surface area contributed by atoms with Crippen LogP contribution in [0.1, 0.15) is 28.7 Å². The molecule has 2 nitrogen and oxygen atoms in total. The highest BCUT2D eigenvalue weighted by molar-refractivity contribution is 5.82. The Morgan fingerprint density at radius 2 is 1.62 bits per heavy atom. The van der Waals surface area contributed by atoms with Gasteiger partial charge in [0, 0.05) is 11.5 Å². The zero-order chi connectivity index (χ0) is 17.0. The summed E-state index contributed by atoms with van der Waals surface area (Å²) in [4.78, 5) is 11.8. The maximum absolute atomic E-state index is 11.8. The fraction of sp³-hybridized carbons (Fsp3) is 0.227. The van der Waals surface area contributed by atoms with Crippen molar-refractivity contribution in [1.29, 1.82) is 0 Å². The van der Waals surface area contributed by atoms with Crippen molar-refractivity contribution in [2.75, 3.05) is 7.11 Å². The number of rotatable bonds is 4. The second kappa shape index (κ2) is 6.88. The van der Waals surface area contributed by atoms with Crippen molar-refractivity contribution in [3.63, 3.8) is 0 Å². The number of esters is 1. The average molecular weight is 318 g/mol. The number of aryl methyl sites for hydroxylation is 2. The van der Waals surface area contributed by atoms with E-state index in [1.165, 1.54) is 29.4 Å². The first-order chi connectivity index (χ1) is 11.7. The molecule has 0 saturated carbocycles. The minimum atomic E-state index is -0.389. The van der Waals surface area contributed by atoms with Gasteiger partial charge in [-0.05, 0) is 41.5 Å². The molecule has 0 aromatic heterocycles. The number of hydrogen-bond donors (Lipinski definition) is 0. The van der Waals surface area contributed by atoms with Gasteiger partial charge in [0.1, 0.15) is 0 Å². The van der Waals surface area contributed by atoms with Gasteiger partial charge in [-0.3, -0.25) is 0 Å². The third kappa shape index (κ3) is 2.80. The first kappa shape index (κ1) is 16.3. The molecule has 24 heavy (non-hydrogen) atoms. The number of benzene rings is 2. The lowest BCUT2D eigenvalue weighted by molar-refractivity contribution is -0.134. The summed E-state index contributed by atoms with van der Waals surface area (Å²) in [6, 6.07) is 17.0. The van der Waals surface area contributed by atoms with E-state index in [1.807, 2.05) is 12.2 Å². The molecule has 0 saturated heterocycles. The molecule has 0 aliphatic heterocycles. The van der Waals surface area contributed by atoms with Gasteiger partial charge in [-0.2, -0.15) is 0 Å². The minimum Gasteiger partial charge on any atom is -0.466 e. The van der Waals surface area contributed by atoms with Crippen LogP contribution in [-0.4, -0.2) is 13.1 Å². The number of fused-ring (bicyclic) bond motifs is 2. The largest absolute Gasteiger partial charge is 0.466 e. The Morgan fingerprint density at radius 3 is 2.12 bits per heavy atom. The highest BCUT2D eigenvalue weighted by atomic mass is 16.5. The normalized spacial score (nSPS) is 15.2. The standard InChI is InChI=1S/C22H22O2/c1-3-15-22(16-14-21(23)24-2)19-10-6-4-8-17(19)12-13-18-9-5-7-11-20(18)22/h3-11,14,16H,1,12-13,15H2,2H3/b16-14+. The summed E-state index contributed by atoms with van der Waals surface area (Å²) in [7, 11) is 1.40. The van der Waals surface area contributed by atoms with Crippen LogP contribution in [0.5, 0.6) is 0 Å². The highest BCUT2D eigenvalue weighted by Gasteiger charge is 2.36. The second-order valence-corrected chi connectivity index (χ2v) is 6.13. The van der Waals surface area contributed by atoms with Gasteiger partial charge in [0.05, 0.1) is 7.11 Å². The van der Waals surface area contributed by atoms with E-state index < -0.39 is 0 Å². The molecule has 122 valence electrons. The molecule has 0 radical (unpaired) electrons. The van der Waals surface area contributed by atoms with Crippen LogP contribution in [0.15, 0.2) is 73.3 Å². The van der Waals surface area contributed by atoms with Crippen LogP contribution in [0.4, 0.5) is 0 Å². The fourth-order valence-electron chi connectivity index (χ4n) is 3.73. The number of carbonyl (C=O) groups excluding carboxylic acids is 1. The van der Waals surface area contributed by atoms with E-state index in [4.69, 9.17) is 4.74 Å². The van der Waals surface area contributed by atoms with Crippen LogP contribution < -0.4 is 0 Å². The van der Waals surface area contributed by atoms with Crippen molar-refractivity contribution < 1.29 is 9.53 Å². The van der Waals surface area contributed by atoms with Crippen LogP contribution in [0.2, 0.25) is 0 Å². The van der Waals surface area contributed by atoms with Gasteiger partial charge in [-0.25, -0.2) is 4.79 Å². The van der Waals surface area contributed by atoms with Crippen LogP contribution >= 0.6 is 0 Å². The Hall–Kier alpha value is -2.61. The number of methoxy groups -OCH3 is 1. The molecule has 1 aliphatic carbocycles. The predicted molar refractivity (Wildman–Crippen MR) is 97.0 cm³/mol. The van der Waals surface area contributed by atoms with Crippen molar-refractivity contribution in [3.8, 4) is 0 Å². The molecule has 2 aromatic carbocycles. The monoisotopic (exact) mass is 318 g/mol. The lowest BCUT2D eigenvalue weighted by Crippen LogP contribution is -2.26. The number of hydrogen-bond acceptors (Lipinski definition) is 2. The molecule has 0 atom stereocenters. The Bertz CT molecular complexity index is 739. The number of allylic oxidation sites excluding steroid dienone is 2. The summed E-state index contributed by atoms with van der Waals surface area (Å²) in [6.07, 6.45) is 8.19. The first-order valence-electron chi connectivity index (χ1n) is 8.26. The van der Waals surface area contributed by atoms with Gasteiger partial charge in [-0.15, -0.1) is 6.58 Å². The van der Waals surface area contributed by atoms with Gasteiger partial charge in [0.2, 0.25) is 0 Å². The Labute approximate surface area is 143 Å². The fourth-order valence-corrected chi connectivity index (χ4v) is 3.73. The summed E-state index contributed by atoms with van der Waals surface area (Å²) in [5.74, 6) is -0.336. The quantitative estimate of drug-likeness (QED) is 0.475. The summed E-state index contributed by atoms with van der Waals surface area (Å²) in [6.45, 7) is 3.97. The van der Waals surface area contributed by atoms with Gasteiger partial charge in [0.15, 0.2) is 0 Å². The molecule has 0 spiro atoms. The van der Waals surface area contributed by atoms with Gasteiger partial charge >= 0.3 is 5.97 Å². The summed E-state index contributed by atoms with van der Waals surface area (Å²) in [5, 5.41) is 0. The molecular formula is C22H22O2. The van der Waals surface area contributed by atoms with Crippen molar-refractivity contribution in [3.05, 3.63) is 95.6 Å². The van der Waals surface area contributed by atoms with Crippen LogP contribution in [-0.2, 0) is 27.8 Å². The smallest absolute Gasteiger partial charge is 0.330 e. The SMILES string of the molecule is C=CCC1(/C=C/C(=O)OC)c2ccccc2CCc2ccccc21. The van der Waals surface area contributed by atoms with E-state index >= 15 is 0 Å². The summed E-state index contributed by atoms with van der Waals surface area (Å²) >= 11 is 0. The van der Waals surface area contributed by atoms with E-state index in [0.717, 1.165) is 19.3 Å². The van der Waals surface area contributed by atoms with Crippen molar-refractivity contribution in [2.45, 2.75) is 24.7 Å². The molecule has 2 heteroatoms. The predicted octanol–water partition coefficient (Wildman–Crippen LogP) is 4.38. The third-order valence-electron chi connectivity index (χ3n) is 4.83. The first-order valence-corrected chi connectivity index (χ1v) is 8.26. The van der Waals surface area contributed by atoms with Crippen LogP contribution in [0.3, 0.4) is 0 Å². The Morgan fingerprint density at radius 1 is 1.08 bits per heavy atom. The van der Waals surface area contributed by atoms with Gasteiger partial charge < -0.3 is 4.74 Å². The molecular weight excluding hydrogens is 296 g/mol. The molecule has 2 aromatic rings. The van der Waals surface area contributed by atoms with E-state index in [-0.39, 0.29) is 11.4 Å². The maximum atomic E-state index is 11.8. The van der Waals surface area contributed by atoms with E-state index in [9.17, 15) is 4.79 Å². The molecule has 0 heterocycles. The topological polar surface area (TPSA) is 26.3 Å². The van der Waals surface area contributed by atoms with E-state index in [2.05, 4.69) is 55.1 Å². The molecule has 0 amide bonds. The zero-order valence-corrected chi connectivity index (χ0v) is 14.0. The summed E-state index contributed by atoms with van der Waals surface area (Å²) in [5.41, 5.74) is 4.75. The third-order valence-corrected chi connectivity index (χ3v) is 4.83.